The Bertz CT molecular complexity index is 2050. The summed E-state index contributed by atoms with van der Waals surface area (Å²) in [5.74, 6) is 1.90. The van der Waals surface area contributed by atoms with Gasteiger partial charge in [-0.05, 0) is 104 Å². The van der Waals surface area contributed by atoms with Crippen LogP contribution >= 0.6 is 31.9 Å². The summed E-state index contributed by atoms with van der Waals surface area (Å²) in [5, 5.41) is 1.84. The van der Waals surface area contributed by atoms with Gasteiger partial charge in [-0.15, -0.1) is 0 Å². The summed E-state index contributed by atoms with van der Waals surface area (Å²) >= 11 is 7.55. The van der Waals surface area contributed by atoms with Crippen molar-refractivity contribution in [1.82, 2.24) is 0 Å². The first-order valence-corrected chi connectivity index (χ1v) is 17.7. The minimum Gasteiger partial charge on any atom is -0.497 e. The largest absolute Gasteiger partial charge is 0.497 e. The van der Waals surface area contributed by atoms with Crippen LogP contribution in [0.4, 0.5) is 13.2 Å². The molecule has 0 saturated heterocycles. The van der Waals surface area contributed by atoms with Crippen LogP contribution in [0.25, 0.3) is 11.3 Å². The molecule has 1 aliphatic heterocycles. The quantitative estimate of drug-likeness (QED) is 0.138. The number of rotatable bonds is 7. The van der Waals surface area contributed by atoms with Crippen molar-refractivity contribution in [3.8, 4) is 11.5 Å². The molecule has 4 aromatic carbocycles. The maximum atomic E-state index is 14.0. The van der Waals surface area contributed by atoms with Gasteiger partial charge in [0.2, 0.25) is 0 Å². The normalized spacial score (nSPS) is 21.9. The minimum atomic E-state index is -4.44. The fourth-order valence-electron chi connectivity index (χ4n) is 7.69. The highest BCUT2D eigenvalue weighted by atomic mass is 79.9. The monoisotopic (exact) mass is 778 g/mol. The molecule has 0 bridgehead atoms. The first-order chi connectivity index (χ1) is 22.9. The Kier molecular flexibility index (Phi) is 8.35. The molecule has 0 amide bonds. The van der Waals surface area contributed by atoms with Crippen molar-refractivity contribution in [3.05, 3.63) is 138 Å². The predicted molar refractivity (Wildman–Crippen MR) is 189 cm³/mol. The highest BCUT2D eigenvalue weighted by Gasteiger charge is 2.53. The predicted octanol–water partition coefficient (Wildman–Crippen LogP) is 9.79. The van der Waals surface area contributed by atoms with E-state index in [4.69, 9.17) is 14.2 Å². The molecule has 3 aliphatic rings. The Balaban J connectivity index is 1.48. The molecule has 0 radical (unpaired) electrons. The van der Waals surface area contributed by atoms with E-state index >= 15 is 0 Å². The number of methoxy groups -OCH3 is 1. The van der Waals surface area contributed by atoms with Gasteiger partial charge in [-0.3, -0.25) is 0 Å². The average Bonchev–Trinajstić information content (AvgIpc) is 3.30. The van der Waals surface area contributed by atoms with E-state index in [9.17, 15) is 13.2 Å². The Labute approximate surface area is 295 Å². The van der Waals surface area contributed by atoms with Crippen molar-refractivity contribution in [2.75, 3.05) is 13.7 Å². The van der Waals surface area contributed by atoms with Gasteiger partial charge in [0.1, 0.15) is 17.3 Å². The number of alkyl halides is 3. The van der Waals surface area contributed by atoms with Gasteiger partial charge in [-0.25, -0.2) is 0 Å². The molecular formula is C40H35Br2F3O3. The van der Waals surface area contributed by atoms with Crippen LogP contribution in [0, 0.1) is 11.8 Å². The Morgan fingerprint density at radius 3 is 2.17 bits per heavy atom. The van der Waals surface area contributed by atoms with E-state index in [1.807, 2.05) is 54.6 Å². The summed E-state index contributed by atoms with van der Waals surface area (Å²) in [5.41, 5.74) is 2.16. The standard InChI is InChI=1S/C40H35Br2F3O3/c1-5-6-19-47-28-14-9-24(10-15-28)39(23-7-12-27(46-4)13-8-23)18-17-30-36-34(31-21-26(41)22-33(42)35(31)37(30)48-39)29-16-11-25(40(43,44)45)20-32(29)38(36,2)3/h7-18,20-22,30,36H,5-6,19H2,1-4H3. The number of hydrogen-bond acceptors (Lipinski definition) is 3. The molecule has 2 aliphatic carbocycles. The second-order valence-corrected chi connectivity index (χ2v) is 15.0. The molecule has 3 unspecified atom stereocenters. The van der Waals surface area contributed by atoms with E-state index in [1.165, 1.54) is 12.1 Å². The topological polar surface area (TPSA) is 27.7 Å². The van der Waals surface area contributed by atoms with Crippen molar-refractivity contribution in [2.45, 2.75) is 50.8 Å². The van der Waals surface area contributed by atoms with Crippen LogP contribution in [0.15, 0.2) is 100.0 Å². The number of fused-ring (bicyclic) bond motifs is 6. The molecule has 0 aromatic heterocycles. The van der Waals surface area contributed by atoms with Crippen molar-refractivity contribution in [1.29, 1.82) is 0 Å². The molecule has 8 heteroatoms. The van der Waals surface area contributed by atoms with Crippen LogP contribution < -0.4 is 19.9 Å². The molecule has 3 nitrogen and oxygen atoms in total. The first-order valence-electron chi connectivity index (χ1n) is 16.1. The molecule has 0 spiro atoms. The van der Waals surface area contributed by atoms with Gasteiger partial charge in [0, 0.05) is 37.1 Å². The lowest BCUT2D eigenvalue weighted by Crippen LogP contribution is -2.47. The third-order valence-electron chi connectivity index (χ3n) is 10.1. The van der Waals surface area contributed by atoms with E-state index in [0.29, 0.717) is 12.2 Å². The van der Waals surface area contributed by atoms with Gasteiger partial charge in [-0.1, -0.05) is 79.5 Å². The van der Waals surface area contributed by atoms with Crippen LogP contribution in [0.3, 0.4) is 0 Å². The Morgan fingerprint density at radius 2 is 1.54 bits per heavy atom. The third-order valence-corrected chi connectivity index (χ3v) is 11.1. The van der Waals surface area contributed by atoms with E-state index in [0.717, 1.165) is 71.7 Å². The first kappa shape index (κ1) is 33.0. The molecule has 48 heavy (non-hydrogen) atoms. The highest BCUT2D eigenvalue weighted by Crippen LogP contribution is 2.58. The fraction of sp³-hybridized carbons (Fsp3) is 0.300. The van der Waals surface area contributed by atoms with E-state index in [1.54, 1.807) is 13.2 Å². The Hall–Kier alpha value is -3.49. The second-order valence-electron chi connectivity index (χ2n) is 13.2. The second kappa shape index (κ2) is 12.1. The minimum absolute atomic E-state index is 0.167. The molecule has 0 fully saturated rings. The molecular weight excluding hydrogens is 745 g/mol. The van der Waals surface area contributed by atoms with Crippen LogP contribution in [-0.2, 0) is 21.9 Å². The summed E-state index contributed by atoms with van der Waals surface area (Å²) in [7, 11) is 1.64. The number of hydrogen-bond donors (Lipinski definition) is 0. The summed E-state index contributed by atoms with van der Waals surface area (Å²) < 4.78 is 62.5. The van der Waals surface area contributed by atoms with Crippen LogP contribution in [0.5, 0.6) is 11.5 Å². The van der Waals surface area contributed by atoms with E-state index < -0.39 is 22.8 Å². The molecule has 248 valence electrons. The van der Waals surface area contributed by atoms with Gasteiger partial charge < -0.3 is 14.2 Å². The van der Waals surface area contributed by atoms with Gasteiger partial charge in [-0.2, -0.15) is 13.2 Å². The summed E-state index contributed by atoms with van der Waals surface area (Å²) in [6.45, 7) is 6.89. The SMILES string of the molecule is CCCCOc1ccc(C2(c3ccc(OC)cc3)C=CC3C(=c4c(Br)cc(Br)cc4=C4c5ccc(C(F)(F)F)cc5C(C)(C)C43)O2)cc1. The van der Waals surface area contributed by atoms with Crippen LogP contribution in [0.1, 0.15) is 61.4 Å². The number of unbranched alkanes of at least 4 members (excludes halogenated alkanes) is 1. The lowest BCUT2D eigenvalue weighted by molar-refractivity contribution is -0.137. The van der Waals surface area contributed by atoms with Gasteiger partial charge in [0.15, 0.2) is 5.60 Å². The summed E-state index contributed by atoms with van der Waals surface area (Å²) in [4.78, 5) is 0. The summed E-state index contributed by atoms with van der Waals surface area (Å²) in [6, 6.07) is 24.2. The van der Waals surface area contributed by atoms with Gasteiger partial charge in [0.05, 0.1) is 19.3 Å². The number of halogens is 5. The average molecular weight is 781 g/mol. The Morgan fingerprint density at radius 1 is 0.875 bits per heavy atom. The van der Waals surface area contributed by atoms with Crippen molar-refractivity contribution < 1.29 is 27.4 Å². The van der Waals surface area contributed by atoms with Crippen molar-refractivity contribution >= 4 is 43.2 Å². The third kappa shape index (κ3) is 5.30. The lowest BCUT2D eigenvalue weighted by atomic mass is 9.66. The number of ether oxygens (including phenoxy) is 3. The zero-order valence-corrected chi connectivity index (χ0v) is 30.2. The number of benzene rings is 4. The molecule has 7 rings (SSSR count). The van der Waals surface area contributed by atoms with Gasteiger partial charge >= 0.3 is 6.18 Å². The van der Waals surface area contributed by atoms with Gasteiger partial charge in [0.25, 0.3) is 0 Å². The van der Waals surface area contributed by atoms with Crippen LogP contribution in [0.2, 0.25) is 0 Å². The zero-order chi connectivity index (χ0) is 34.0. The molecule has 0 N–H and O–H groups in total. The van der Waals surface area contributed by atoms with E-state index in [-0.39, 0.29) is 11.8 Å². The summed E-state index contributed by atoms with van der Waals surface area (Å²) in [6.07, 6.45) is 1.91. The smallest absolute Gasteiger partial charge is 0.416 e. The molecule has 4 aromatic rings. The zero-order valence-electron chi connectivity index (χ0n) is 27.1. The maximum absolute atomic E-state index is 14.0. The van der Waals surface area contributed by atoms with Crippen molar-refractivity contribution in [2.24, 2.45) is 11.8 Å². The highest BCUT2D eigenvalue weighted by molar-refractivity contribution is 9.11. The maximum Gasteiger partial charge on any atom is 0.416 e. The fourth-order valence-corrected chi connectivity index (χ4v) is 9.11. The van der Waals surface area contributed by atoms with Crippen molar-refractivity contribution in [3.63, 3.8) is 0 Å². The van der Waals surface area contributed by atoms with E-state index in [2.05, 4.69) is 70.8 Å². The molecule has 1 heterocycles. The van der Waals surface area contributed by atoms with Crippen LogP contribution in [-0.4, -0.2) is 13.7 Å². The molecule has 3 atom stereocenters. The lowest BCUT2D eigenvalue weighted by Gasteiger charge is -2.45. The molecule has 0 saturated carbocycles.